The van der Waals surface area contributed by atoms with E-state index in [1.807, 2.05) is 18.4 Å². The second-order valence-corrected chi connectivity index (χ2v) is 7.89. The monoisotopic (exact) mass is 494 g/mol. The third-order valence-corrected chi connectivity index (χ3v) is 5.84. The predicted molar refractivity (Wildman–Crippen MR) is 117 cm³/mol. The largest absolute Gasteiger partial charge is 0.377 e. The average molecular weight is 494 g/mol. The minimum Gasteiger partial charge on any atom is -0.377 e. The van der Waals surface area contributed by atoms with Gasteiger partial charge in [-0.3, -0.25) is 4.99 Å². The lowest BCUT2D eigenvalue weighted by Crippen LogP contribution is -2.40. The molecule has 6 nitrogen and oxygen atoms in total. The standard InChI is InChI=1S/C18H30N4O2S.HI/c1-19-18(20-9-11-23-13-14-6-5-10-24-14)22(2)12-17-21-15-7-3-4-8-16(15)25-17;/h14H,3-13H2,1-2H3,(H,19,20);1H. The lowest BCUT2D eigenvalue weighted by Gasteiger charge is -2.21. The first-order chi connectivity index (χ1) is 12.3. The molecule has 0 spiro atoms. The van der Waals surface area contributed by atoms with E-state index in [0.29, 0.717) is 13.2 Å². The summed E-state index contributed by atoms with van der Waals surface area (Å²) in [6, 6.07) is 0. The van der Waals surface area contributed by atoms with Gasteiger partial charge in [-0.15, -0.1) is 35.3 Å². The van der Waals surface area contributed by atoms with Crippen molar-refractivity contribution in [1.29, 1.82) is 0 Å². The second-order valence-electron chi connectivity index (χ2n) is 6.72. The highest BCUT2D eigenvalue weighted by Gasteiger charge is 2.17. The molecule has 0 aromatic carbocycles. The van der Waals surface area contributed by atoms with Crippen molar-refractivity contribution in [2.45, 2.75) is 51.2 Å². The molecular weight excluding hydrogens is 463 g/mol. The highest BCUT2D eigenvalue weighted by Crippen LogP contribution is 2.27. The van der Waals surface area contributed by atoms with Crippen LogP contribution in [0.1, 0.15) is 41.3 Å². The lowest BCUT2D eigenvalue weighted by molar-refractivity contribution is 0.0190. The highest BCUT2D eigenvalue weighted by atomic mass is 127. The number of nitrogens with zero attached hydrogens (tertiary/aromatic N) is 3. The van der Waals surface area contributed by atoms with Crippen molar-refractivity contribution in [1.82, 2.24) is 15.2 Å². The number of nitrogens with one attached hydrogen (secondary N) is 1. The van der Waals surface area contributed by atoms with Crippen LogP contribution in [0.5, 0.6) is 0 Å². The summed E-state index contributed by atoms with van der Waals surface area (Å²) in [6.45, 7) is 3.79. The molecule has 1 N–H and O–H groups in total. The molecule has 1 aromatic rings. The number of fused-ring (bicyclic) bond motifs is 1. The van der Waals surface area contributed by atoms with Crippen molar-refractivity contribution < 1.29 is 9.47 Å². The first-order valence-corrected chi connectivity index (χ1v) is 10.2. The van der Waals surface area contributed by atoms with Gasteiger partial charge in [0.15, 0.2) is 5.96 Å². The fraction of sp³-hybridized carbons (Fsp3) is 0.778. The Morgan fingerprint density at radius 3 is 2.96 bits per heavy atom. The van der Waals surface area contributed by atoms with E-state index in [4.69, 9.17) is 14.5 Å². The van der Waals surface area contributed by atoms with Crippen LogP contribution in [0.4, 0.5) is 0 Å². The maximum absolute atomic E-state index is 5.69. The molecule has 8 heteroatoms. The van der Waals surface area contributed by atoms with Gasteiger partial charge in [-0.2, -0.15) is 0 Å². The zero-order valence-electron chi connectivity index (χ0n) is 15.8. The van der Waals surface area contributed by atoms with Crippen molar-refractivity contribution in [3.05, 3.63) is 15.6 Å². The molecule has 3 rings (SSSR count). The number of guanidine groups is 1. The van der Waals surface area contributed by atoms with Gasteiger partial charge >= 0.3 is 0 Å². The minimum absolute atomic E-state index is 0. The molecule has 0 bridgehead atoms. The number of hydrogen-bond donors (Lipinski definition) is 1. The Labute approximate surface area is 177 Å². The molecule has 0 radical (unpaired) electrons. The summed E-state index contributed by atoms with van der Waals surface area (Å²) in [5.74, 6) is 0.883. The topological polar surface area (TPSA) is 59.0 Å². The van der Waals surface area contributed by atoms with Crippen LogP contribution < -0.4 is 5.32 Å². The van der Waals surface area contributed by atoms with Crippen LogP contribution in [-0.2, 0) is 28.9 Å². The number of aryl methyl sites for hydroxylation is 2. The molecule has 1 aliphatic carbocycles. The zero-order chi connectivity index (χ0) is 17.5. The van der Waals surface area contributed by atoms with Gasteiger partial charge in [0.2, 0.25) is 0 Å². The van der Waals surface area contributed by atoms with Gasteiger partial charge in [0.1, 0.15) is 5.01 Å². The first kappa shape index (κ1) is 21.8. The third-order valence-electron chi connectivity index (χ3n) is 4.69. The molecule has 1 aromatic heterocycles. The van der Waals surface area contributed by atoms with Crippen molar-refractivity contribution in [3.63, 3.8) is 0 Å². The van der Waals surface area contributed by atoms with Crippen molar-refractivity contribution in [2.75, 3.05) is 40.5 Å². The maximum Gasteiger partial charge on any atom is 0.193 e. The molecule has 1 saturated heterocycles. The normalized spacial score (nSPS) is 19.8. The van der Waals surface area contributed by atoms with Crippen LogP contribution in [0.2, 0.25) is 0 Å². The fourth-order valence-electron chi connectivity index (χ4n) is 3.36. The van der Waals surface area contributed by atoms with E-state index in [1.54, 1.807) is 0 Å². The molecule has 1 unspecified atom stereocenters. The Morgan fingerprint density at radius 2 is 2.23 bits per heavy atom. The predicted octanol–water partition coefficient (Wildman–Crippen LogP) is 2.84. The number of hydrogen-bond acceptors (Lipinski definition) is 5. The van der Waals surface area contributed by atoms with E-state index in [1.165, 1.54) is 34.8 Å². The molecule has 26 heavy (non-hydrogen) atoms. The summed E-state index contributed by atoms with van der Waals surface area (Å²) in [6.07, 6.45) is 7.49. The SMILES string of the molecule is CN=C(NCCOCC1CCCO1)N(C)Cc1nc2c(s1)CCCC2.I. The molecule has 1 fully saturated rings. The van der Waals surface area contributed by atoms with E-state index >= 15 is 0 Å². The summed E-state index contributed by atoms with van der Waals surface area (Å²) in [7, 11) is 3.88. The van der Waals surface area contributed by atoms with Crippen LogP contribution in [-0.4, -0.2) is 62.4 Å². The van der Waals surface area contributed by atoms with Gasteiger partial charge in [-0.05, 0) is 38.5 Å². The molecule has 148 valence electrons. The molecule has 0 saturated carbocycles. The Balaban J connectivity index is 0.00000243. The molecule has 0 amide bonds. The number of rotatable bonds is 7. The molecule has 1 aliphatic heterocycles. The number of thiazole rings is 1. The number of aliphatic imine (C=N–C) groups is 1. The quantitative estimate of drug-likeness (QED) is 0.274. The molecule has 2 heterocycles. The highest BCUT2D eigenvalue weighted by molar-refractivity contribution is 14.0. The van der Waals surface area contributed by atoms with Gasteiger partial charge in [0, 0.05) is 32.1 Å². The summed E-state index contributed by atoms with van der Waals surface area (Å²) >= 11 is 1.86. The van der Waals surface area contributed by atoms with Crippen molar-refractivity contribution >= 4 is 41.3 Å². The van der Waals surface area contributed by atoms with Crippen molar-refractivity contribution in [3.8, 4) is 0 Å². The minimum atomic E-state index is 0. The molecular formula is C18H31IN4O2S. The van der Waals surface area contributed by atoms with Crippen LogP contribution in [0.25, 0.3) is 0 Å². The number of halogens is 1. The van der Waals surface area contributed by atoms with Gasteiger partial charge < -0.3 is 19.7 Å². The van der Waals surface area contributed by atoms with Crippen LogP contribution in [0, 0.1) is 0 Å². The Kier molecular flexibility index (Phi) is 9.58. The summed E-state index contributed by atoms with van der Waals surface area (Å²) in [4.78, 5) is 12.8. The average Bonchev–Trinajstić information content (AvgIpc) is 3.26. The number of ether oxygens (including phenoxy) is 2. The lowest BCUT2D eigenvalue weighted by atomic mass is 10.0. The van der Waals surface area contributed by atoms with Crippen LogP contribution in [0.15, 0.2) is 4.99 Å². The fourth-order valence-corrected chi connectivity index (χ4v) is 4.57. The zero-order valence-corrected chi connectivity index (χ0v) is 19.0. The number of aromatic nitrogens is 1. The first-order valence-electron chi connectivity index (χ1n) is 9.35. The second kappa shape index (κ2) is 11.4. The smallest absolute Gasteiger partial charge is 0.193 e. The Hall–Kier alpha value is -0.450. The van der Waals surface area contributed by atoms with E-state index in [9.17, 15) is 0 Å². The van der Waals surface area contributed by atoms with E-state index in [-0.39, 0.29) is 30.1 Å². The third kappa shape index (κ3) is 6.31. The van der Waals surface area contributed by atoms with Gasteiger partial charge in [-0.25, -0.2) is 4.98 Å². The Morgan fingerprint density at radius 1 is 1.38 bits per heavy atom. The summed E-state index contributed by atoms with van der Waals surface area (Å²) < 4.78 is 11.3. The van der Waals surface area contributed by atoms with E-state index < -0.39 is 0 Å². The van der Waals surface area contributed by atoms with Crippen LogP contribution in [0.3, 0.4) is 0 Å². The van der Waals surface area contributed by atoms with Crippen LogP contribution >= 0.6 is 35.3 Å². The Bertz CT molecular complexity index is 552. The molecule has 2 aliphatic rings. The molecule has 1 atom stereocenters. The maximum atomic E-state index is 5.69. The van der Waals surface area contributed by atoms with Crippen molar-refractivity contribution in [2.24, 2.45) is 4.99 Å². The van der Waals surface area contributed by atoms with Gasteiger partial charge in [-0.1, -0.05) is 0 Å². The summed E-state index contributed by atoms with van der Waals surface area (Å²) in [5.41, 5.74) is 1.32. The van der Waals surface area contributed by atoms with Gasteiger partial charge in [0.05, 0.1) is 31.6 Å². The summed E-state index contributed by atoms with van der Waals surface area (Å²) in [5, 5.41) is 4.55. The van der Waals surface area contributed by atoms with E-state index in [2.05, 4.69) is 22.3 Å². The van der Waals surface area contributed by atoms with Gasteiger partial charge in [0.25, 0.3) is 0 Å². The van der Waals surface area contributed by atoms with E-state index in [0.717, 1.165) is 44.9 Å².